The van der Waals surface area contributed by atoms with Crippen molar-refractivity contribution in [3.8, 4) is 11.5 Å². The Kier molecular flexibility index (Phi) is 6.24. The summed E-state index contributed by atoms with van der Waals surface area (Å²) in [5.74, 6) is -0.583. The van der Waals surface area contributed by atoms with Crippen molar-refractivity contribution in [3.63, 3.8) is 0 Å². The van der Waals surface area contributed by atoms with Crippen LogP contribution in [0.25, 0.3) is 0 Å². The summed E-state index contributed by atoms with van der Waals surface area (Å²) in [6.07, 6.45) is 5.49. The highest BCUT2D eigenvalue weighted by atomic mass is 32.2. The number of nitrogens with one attached hydrogen (secondary N) is 1. The van der Waals surface area contributed by atoms with E-state index in [9.17, 15) is 12.8 Å². The molecule has 1 aliphatic heterocycles. The third-order valence-electron chi connectivity index (χ3n) is 3.70. The van der Waals surface area contributed by atoms with Crippen molar-refractivity contribution in [1.29, 1.82) is 0 Å². The Balaban J connectivity index is 1.93. The van der Waals surface area contributed by atoms with Crippen LogP contribution in [0.3, 0.4) is 0 Å². The summed E-state index contributed by atoms with van der Waals surface area (Å²) in [5, 5.41) is 3.29. The van der Waals surface area contributed by atoms with Crippen molar-refractivity contribution >= 4 is 9.84 Å². The molecule has 1 aliphatic rings. The van der Waals surface area contributed by atoms with E-state index in [-0.39, 0.29) is 29.1 Å². The van der Waals surface area contributed by atoms with Gasteiger partial charge in [0.25, 0.3) is 0 Å². The minimum atomic E-state index is -3.50. The molecule has 130 valence electrons. The fourth-order valence-electron chi connectivity index (χ4n) is 2.42. The van der Waals surface area contributed by atoms with Crippen LogP contribution in [0.2, 0.25) is 0 Å². The largest absolute Gasteiger partial charge is 0.483 e. The highest BCUT2D eigenvalue weighted by Gasteiger charge is 2.26. The molecule has 1 aromatic carbocycles. The van der Waals surface area contributed by atoms with E-state index in [0.717, 1.165) is 25.3 Å². The van der Waals surface area contributed by atoms with E-state index in [0.29, 0.717) is 6.54 Å². The Morgan fingerprint density at radius 2 is 2.09 bits per heavy atom. The first-order valence-corrected chi connectivity index (χ1v) is 9.84. The third-order valence-corrected chi connectivity index (χ3v) is 4.79. The van der Waals surface area contributed by atoms with Gasteiger partial charge in [-0.3, -0.25) is 0 Å². The Hall–Kier alpha value is -1.34. The average Bonchev–Trinajstić information content (AvgIpc) is 2.49. The molecule has 23 heavy (non-hydrogen) atoms. The zero-order valence-corrected chi connectivity index (χ0v) is 14.4. The van der Waals surface area contributed by atoms with Crippen molar-refractivity contribution in [2.75, 3.05) is 26.0 Å². The fraction of sp³-hybridized carbons (Fsp3) is 0.625. The topological polar surface area (TPSA) is 64.6 Å². The molecular weight excluding hydrogens is 321 g/mol. The second-order valence-corrected chi connectivity index (χ2v) is 7.84. The summed E-state index contributed by atoms with van der Waals surface area (Å²) in [6, 6.07) is 2.28. The summed E-state index contributed by atoms with van der Waals surface area (Å²) in [4.78, 5) is -0.106. The van der Waals surface area contributed by atoms with Crippen LogP contribution in [-0.2, 0) is 9.84 Å². The van der Waals surface area contributed by atoms with Crippen molar-refractivity contribution in [1.82, 2.24) is 5.32 Å². The van der Waals surface area contributed by atoms with Crippen molar-refractivity contribution in [3.05, 3.63) is 17.9 Å². The maximum absolute atomic E-state index is 13.9. The standard InChI is InChI=1S/C16H24FNO4S/c1-3-4-5-6-7-18-10-12-11-21-16-14(17)8-13(23(2,19)20)9-15(16)22-12/h8-9,12,18H,3-7,10-11H2,1-2H3. The molecule has 5 nitrogen and oxygen atoms in total. The van der Waals surface area contributed by atoms with Gasteiger partial charge in [-0.25, -0.2) is 12.8 Å². The molecule has 1 heterocycles. The number of benzene rings is 1. The second kappa shape index (κ2) is 7.97. The quantitative estimate of drug-likeness (QED) is 0.734. The second-order valence-electron chi connectivity index (χ2n) is 5.82. The number of hydrogen-bond donors (Lipinski definition) is 1. The number of sulfone groups is 1. The lowest BCUT2D eigenvalue weighted by Gasteiger charge is -2.27. The molecule has 0 saturated carbocycles. The maximum atomic E-state index is 13.9. The summed E-state index contributed by atoms with van der Waals surface area (Å²) < 4.78 is 48.2. The maximum Gasteiger partial charge on any atom is 0.197 e. The molecule has 1 N–H and O–H groups in total. The first kappa shape index (κ1) is 18.0. The number of hydrogen-bond acceptors (Lipinski definition) is 5. The summed E-state index contributed by atoms with van der Waals surface area (Å²) in [7, 11) is -3.50. The lowest BCUT2D eigenvalue weighted by atomic mass is 10.2. The van der Waals surface area contributed by atoms with Gasteiger partial charge in [0.05, 0.1) is 4.90 Å². The molecule has 1 unspecified atom stereocenters. The Morgan fingerprint density at radius 3 is 2.78 bits per heavy atom. The van der Waals surface area contributed by atoms with Crippen LogP contribution in [-0.4, -0.2) is 40.5 Å². The van der Waals surface area contributed by atoms with Gasteiger partial charge in [-0.15, -0.1) is 0 Å². The van der Waals surface area contributed by atoms with E-state index in [1.165, 1.54) is 25.3 Å². The number of fused-ring (bicyclic) bond motifs is 1. The molecule has 0 aromatic heterocycles. The van der Waals surface area contributed by atoms with Gasteiger partial charge >= 0.3 is 0 Å². The number of ether oxygens (including phenoxy) is 2. The van der Waals surface area contributed by atoms with E-state index in [1.54, 1.807) is 0 Å². The van der Waals surface area contributed by atoms with Gasteiger partial charge in [0, 0.05) is 18.9 Å². The van der Waals surface area contributed by atoms with Crippen LogP contribution in [0.1, 0.15) is 32.6 Å². The van der Waals surface area contributed by atoms with E-state index >= 15 is 0 Å². The van der Waals surface area contributed by atoms with E-state index < -0.39 is 15.7 Å². The first-order valence-electron chi connectivity index (χ1n) is 7.95. The van der Waals surface area contributed by atoms with Crippen molar-refractivity contribution in [2.24, 2.45) is 0 Å². The molecular formula is C16H24FNO4S. The zero-order valence-electron chi connectivity index (χ0n) is 13.6. The first-order chi connectivity index (χ1) is 10.9. The SMILES string of the molecule is CCCCCCNCC1COc2c(F)cc(S(C)(=O)=O)cc2O1. The molecule has 0 aliphatic carbocycles. The van der Waals surface area contributed by atoms with Gasteiger partial charge < -0.3 is 14.8 Å². The molecule has 0 radical (unpaired) electrons. The van der Waals surface area contributed by atoms with Gasteiger partial charge in [0.2, 0.25) is 0 Å². The fourth-order valence-corrected chi connectivity index (χ4v) is 3.06. The predicted molar refractivity (Wildman–Crippen MR) is 86.4 cm³/mol. The molecule has 0 bridgehead atoms. The highest BCUT2D eigenvalue weighted by Crippen LogP contribution is 2.36. The molecule has 2 rings (SSSR count). The van der Waals surface area contributed by atoms with Gasteiger partial charge in [0.15, 0.2) is 27.2 Å². The van der Waals surface area contributed by atoms with Gasteiger partial charge in [-0.2, -0.15) is 0 Å². The predicted octanol–water partition coefficient (Wildman–Crippen LogP) is 2.54. The van der Waals surface area contributed by atoms with Crippen LogP contribution in [0, 0.1) is 5.82 Å². The number of unbranched alkanes of at least 4 members (excludes halogenated alkanes) is 3. The van der Waals surface area contributed by atoms with E-state index in [4.69, 9.17) is 9.47 Å². The molecule has 7 heteroatoms. The third kappa shape index (κ3) is 5.07. The summed E-state index contributed by atoms with van der Waals surface area (Å²) in [6.45, 7) is 3.88. The smallest absolute Gasteiger partial charge is 0.197 e. The lowest BCUT2D eigenvalue weighted by Crippen LogP contribution is -2.39. The monoisotopic (exact) mass is 345 g/mol. The summed E-state index contributed by atoms with van der Waals surface area (Å²) in [5.41, 5.74) is 0. The van der Waals surface area contributed by atoms with Crippen LogP contribution in [0.5, 0.6) is 11.5 Å². The molecule has 0 fully saturated rings. The molecule has 1 aromatic rings. The van der Waals surface area contributed by atoms with Crippen molar-refractivity contribution in [2.45, 2.75) is 43.6 Å². The molecule has 0 spiro atoms. The van der Waals surface area contributed by atoms with Gasteiger partial charge in [0.1, 0.15) is 12.7 Å². The minimum absolute atomic E-state index is 0.0170. The molecule has 1 atom stereocenters. The Morgan fingerprint density at radius 1 is 1.30 bits per heavy atom. The van der Waals surface area contributed by atoms with Crippen LogP contribution >= 0.6 is 0 Å². The summed E-state index contributed by atoms with van der Waals surface area (Å²) >= 11 is 0. The van der Waals surface area contributed by atoms with Crippen molar-refractivity contribution < 1.29 is 22.3 Å². The Labute approximate surface area is 137 Å². The van der Waals surface area contributed by atoms with Crippen LogP contribution in [0.4, 0.5) is 4.39 Å². The van der Waals surface area contributed by atoms with E-state index in [1.807, 2.05) is 0 Å². The average molecular weight is 345 g/mol. The van der Waals surface area contributed by atoms with Crippen LogP contribution < -0.4 is 14.8 Å². The minimum Gasteiger partial charge on any atom is -0.483 e. The van der Waals surface area contributed by atoms with E-state index in [2.05, 4.69) is 12.2 Å². The normalized spacial score (nSPS) is 17.3. The van der Waals surface area contributed by atoms with Gasteiger partial charge in [-0.1, -0.05) is 26.2 Å². The number of halogens is 1. The molecule has 0 amide bonds. The highest BCUT2D eigenvalue weighted by molar-refractivity contribution is 7.90. The Bertz CT molecular complexity index is 633. The van der Waals surface area contributed by atoms with Gasteiger partial charge in [-0.05, 0) is 19.0 Å². The lowest BCUT2D eigenvalue weighted by molar-refractivity contribution is 0.0857. The number of rotatable bonds is 8. The molecule has 0 saturated heterocycles. The van der Waals surface area contributed by atoms with Crippen LogP contribution in [0.15, 0.2) is 17.0 Å². The zero-order chi connectivity index (χ0) is 16.9.